The van der Waals surface area contributed by atoms with E-state index in [1.807, 2.05) is 6.07 Å². The maximum atomic E-state index is 12.5. The Bertz CT molecular complexity index is 1530. The molecule has 0 amide bonds. The molecule has 11 nitrogen and oxygen atoms in total. The van der Waals surface area contributed by atoms with Crippen molar-refractivity contribution in [2.45, 2.75) is 62.3 Å². The van der Waals surface area contributed by atoms with Gasteiger partial charge in [0.2, 0.25) is 0 Å². The van der Waals surface area contributed by atoms with Crippen LogP contribution in [0.25, 0.3) is 11.4 Å². The number of nitrogens with one attached hydrogen (secondary N) is 2. The van der Waals surface area contributed by atoms with E-state index in [4.69, 9.17) is 0 Å². The molecule has 0 spiro atoms. The third-order valence-electron chi connectivity index (χ3n) is 7.70. The molecule has 210 valence electrons. The molecular formula is C28H34N8O3S. The van der Waals surface area contributed by atoms with Crippen LogP contribution in [0.2, 0.25) is 0 Å². The van der Waals surface area contributed by atoms with Gasteiger partial charge in [-0.05, 0) is 64.6 Å². The van der Waals surface area contributed by atoms with Gasteiger partial charge in [-0.25, -0.2) is 23.4 Å². The maximum absolute atomic E-state index is 12.5. The molecule has 3 aromatic heterocycles. The highest BCUT2D eigenvalue weighted by Crippen LogP contribution is 2.31. The smallest absolute Gasteiger partial charge is 0.256 e. The number of nitrogens with zero attached hydrogens (tertiary/aromatic N) is 6. The number of anilines is 3. The number of aliphatic hydroxyl groups is 1. The molecule has 1 saturated heterocycles. The van der Waals surface area contributed by atoms with E-state index in [9.17, 15) is 13.5 Å². The molecule has 40 heavy (non-hydrogen) atoms. The zero-order valence-corrected chi connectivity index (χ0v) is 23.3. The lowest BCUT2D eigenvalue weighted by atomic mass is 9.93. The number of hydrogen-bond donors (Lipinski definition) is 3. The summed E-state index contributed by atoms with van der Waals surface area (Å²) < 4.78 is 26.0. The Morgan fingerprint density at radius 3 is 2.62 bits per heavy atom. The zero-order valence-electron chi connectivity index (χ0n) is 22.5. The summed E-state index contributed by atoms with van der Waals surface area (Å²) in [4.78, 5) is 15.8. The van der Waals surface area contributed by atoms with E-state index in [1.165, 1.54) is 12.4 Å². The van der Waals surface area contributed by atoms with Gasteiger partial charge >= 0.3 is 0 Å². The Hall–Kier alpha value is -3.53. The predicted molar refractivity (Wildman–Crippen MR) is 152 cm³/mol. The van der Waals surface area contributed by atoms with Gasteiger partial charge in [-0.1, -0.05) is 11.8 Å². The molecule has 3 aromatic rings. The predicted octanol–water partition coefficient (Wildman–Crippen LogP) is 2.84. The second-order valence-electron chi connectivity index (χ2n) is 11.0. The normalized spacial score (nSPS) is 23.4. The molecular weight excluding hydrogens is 528 g/mol. The SMILES string of the molecule is CN1CCC(C#Cc2cnc(Nc3ccnc(-c4cnn(S(=O)(=O)C5CC5)c4)n3)cc2NC2CCC(O)CC2)C1. The number of aromatic nitrogens is 5. The Morgan fingerprint density at radius 1 is 1.05 bits per heavy atom. The van der Waals surface area contributed by atoms with Gasteiger partial charge in [0.1, 0.15) is 11.6 Å². The number of hydrogen-bond acceptors (Lipinski definition) is 10. The molecule has 2 saturated carbocycles. The summed E-state index contributed by atoms with van der Waals surface area (Å²) in [5, 5.41) is 20.5. The van der Waals surface area contributed by atoms with E-state index >= 15 is 0 Å². The van der Waals surface area contributed by atoms with Crippen LogP contribution in [0.15, 0.2) is 36.9 Å². The fourth-order valence-corrected chi connectivity index (χ4v) is 6.67. The van der Waals surface area contributed by atoms with E-state index in [0.29, 0.717) is 41.8 Å². The van der Waals surface area contributed by atoms with E-state index in [1.54, 1.807) is 18.5 Å². The number of aliphatic hydroxyl groups excluding tert-OH is 1. The van der Waals surface area contributed by atoms with Crippen molar-refractivity contribution in [3.05, 3.63) is 42.5 Å². The lowest BCUT2D eigenvalue weighted by Crippen LogP contribution is -2.28. The first-order chi connectivity index (χ1) is 19.3. The lowest BCUT2D eigenvalue weighted by Gasteiger charge is -2.27. The number of likely N-dealkylation sites (tertiary alicyclic amines) is 1. The molecule has 6 rings (SSSR count). The summed E-state index contributed by atoms with van der Waals surface area (Å²) >= 11 is 0. The highest BCUT2D eigenvalue weighted by molar-refractivity contribution is 7.90. The second-order valence-corrected chi connectivity index (χ2v) is 13.1. The summed E-state index contributed by atoms with van der Waals surface area (Å²) in [7, 11) is -1.34. The van der Waals surface area contributed by atoms with Crippen LogP contribution in [0.1, 0.15) is 50.5 Å². The summed E-state index contributed by atoms with van der Waals surface area (Å²) in [6, 6.07) is 3.93. The van der Waals surface area contributed by atoms with Crippen molar-refractivity contribution in [3.8, 4) is 23.2 Å². The molecule has 0 bridgehead atoms. The van der Waals surface area contributed by atoms with Crippen LogP contribution >= 0.6 is 0 Å². The van der Waals surface area contributed by atoms with Gasteiger partial charge in [0.05, 0.1) is 40.6 Å². The van der Waals surface area contributed by atoms with E-state index in [0.717, 1.165) is 60.5 Å². The van der Waals surface area contributed by atoms with Crippen molar-refractivity contribution < 1.29 is 13.5 Å². The van der Waals surface area contributed by atoms with Crippen molar-refractivity contribution in [1.29, 1.82) is 0 Å². The third kappa shape index (κ3) is 6.11. The molecule has 4 heterocycles. The van der Waals surface area contributed by atoms with E-state index in [2.05, 4.69) is 54.5 Å². The number of rotatable bonds is 7. The van der Waals surface area contributed by atoms with Crippen LogP contribution in [-0.4, -0.2) is 80.1 Å². The quantitative estimate of drug-likeness (QED) is 0.369. The lowest BCUT2D eigenvalue weighted by molar-refractivity contribution is 0.126. The maximum Gasteiger partial charge on any atom is 0.256 e. The summed E-state index contributed by atoms with van der Waals surface area (Å²) in [6.45, 7) is 2.04. The Balaban J connectivity index is 1.22. The third-order valence-corrected chi connectivity index (χ3v) is 9.73. The molecule has 1 aliphatic heterocycles. The summed E-state index contributed by atoms with van der Waals surface area (Å²) in [5.74, 6) is 8.63. The van der Waals surface area contributed by atoms with Gasteiger partial charge < -0.3 is 20.6 Å². The minimum atomic E-state index is -3.46. The molecule has 1 atom stereocenters. The average molecular weight is 563 g/mol. The van der Waals surface area contributed by atoms with Crippen molar-refractivity contribution in [2.24, 2.45) is 5.92 Å². The van der Waals surface area contributed by atoms with Crippen LogP contribution in [0.4, 0.5) is 17.3 Å². The van der Waals surface area contributed by atoms with Gasteiger partial charge in [0, 0.05) is 37.0 Å². The summed E-state index contributed by atoms with van der Waals surface area (Å²) in [5.41, 5.74) is 2.27. The van der Waals surface area contributed by atoms with Crippen molar-refractivity contribution in [3.63, 3.8) is 0 Å². The Morgan fingerprint density at radius 2 is 1.88 bits per heavy atom. The number of pyridine rings is 1. The van der Waals surface area contributed by atoms with Gasteiger partial charge in [-0.15, -0.1) is 0 Å². The van der Waals surface area contributed by atoms with Crippen molar-refractivity contribution in [1.82, 2.24) is 29.0 Å². The Labute approximate surface area is 234 Å². The molecule has 2 aliphatic carbocycles. The molecule has 3 aliphatic rings. The largest absolute Gasteiger partial charge is 0.393 e. The van der Waals surface area contributed by atoms with Gasteiger partial charge in [0.15, 0.2) is 5.82 Å². The van der Waals surface area contributed by atoms with Gasteiger partial charge in [0.25, 0.3) is 10.0 Å². The van der Waals surface area contributed by atoms with Gasteiger partial charge in [-0.2, -0.15) is 9.19 Å². The van der Waals surface area contributed by atoms with Crippen LogP contribution in [0, 0.1) is 17.8 Å². The van der Waals surface area contributed by atoms with Crippen molar-refractivity contribution in [2.75, 3.05) is 30.8 Å². The minimum Gasteiger partial charge on any atom is -0.393 e. The van der Waals surface area contributed by atoms with Crippen LogP contribution in [0.5, 0.6) is 0 Å². The molecule has 0 radical (unpaired) electrons. The minimum absolute atomic E-state index is 0.223. The van der Waals surface area contributed by atoms with E-state index < -0.39 is 10.0 Å². The molecule has 1 unspecified atom stereocenters. The second kappa shape index (κ2) is 11.2. The van der Waals surface area contributed by atoms with Crippen LogP contribution in [-0.2, 0) is 10.0 Å². The fourth-order valence-electron chi connectivity index (χ4n) is 5.19. The average Bonchev–Trinajstić information content (AvgIpc) is 3.55. The van der Waals surface area contributed by atoms with E-state index in [-0.39, 0.29) is 17.4 Å². The topological polar surface area (TPSA) is 138 Å². The summed E-state index contributed by atoms with van der Waals surface area (Å²) in [6.07, 6.45) is 11.9. The molecule has 0 aromatic carbocycles. The first kappa shape index (κ1) is 26.7. The monoisotopic (exact) mass is 562 g/mol. The first-order valence-electron chi connectivity index (χ1n) is 13.9. The first-order valence-corrected chi connectivity index (χ1v) is 15.4. The molecule has 12 heteroatoms. The Kier molecular flexibility index (Phi) is 7.44. The van der Waals surface area contributed by atoms with Crippen LogP contribution < -0.4 is 10.6 Å². The molecule has 3 N–H and O–H groups in total. The fraction of sp³-hybridized carbons (Fsp3) is 0.500. The molecule has 3 fully saturated rings. The van der Waals surface area contributed by atoms with Crippen LogP contribution in [0.3, 0.4) is 0 Å². The van der Waals surface area contributed by atoms with Gasteiger partial charge in [-0.3, -0.25) is 0 Å². The highest BCUT2D eigenvalue weighted by Gasteiger charge is 2.37. The highest BCUT2D eigenvalue weighted by atomic mass is 32.2. The zero-order chi connectivity index (χ0) is 27.7. The van der Waals surface area contributed by atoms with Crippen molar-refractivity contribution >= 4 is 27.3 Å². The standard InChI is InChI=1S/C28H34N8O3S/c1-35-13-11-19(17-35)2-3-20-15-30-27(14-25(20)32-22-4-6-23(37)7-5-22)33-26-10-12-29-28(34-26)21-16-31-36(18-21)40(38,39)24-8-9-24/h10,12,14-16,18-19,22-24,37H,4-9,11,13,17H2,1H3,(H2,29,30,32,33,34).